The van der Waals surface area contributed by atoms with Crippen LogP contribution in [0, 0.1) is 0 Å². The summed E-state index contributed by atoms with van der Waals surface area (Å²) in [6, 6.07) is 14.4. The Balaban J connectivity index is 1.47. The number of amides is 1. The number of fused-ring (bicyclic) bond motifs is 1. The minimum absolute atomic E-state index is 0.232. The van der Waals surface area contributed by atoms with Crippen molar-refractivity contribution in [1.82, 2.24) is 4.90 Å². The van der Waals surface area contributed by atoms with Gasteiger partial charge >= 0.3 is 17.7 Å². The monoisotopic (exact) mass is 479 g/mol. The van der Waals surface area contributed by atoms with Crippen molar-refractivity contribution < 1.29 is 23.5 Å². The van der Waals surface area contributed by atoms with Gasteiger partial charge in [-0.1, -0.05) is 0 Å². The van der Waals surface area contributed by atoms with Crippen molar-refractivity contribution in [3.8, 4) is 0 Å². The molecule has 0 aliphatic carbocycles. The van der Waals surface area contributed by atoms with Crippen molar-refractivity contribution >= 4 is 34.4 Å². The number of rotatable bonds is 6. The molecule has 1 amide bonds. The van der Waals surface area contributed by atoms with Crippen LogP contribution in [-0.2, 0) is 16.0 Å². The molecule has 1 aromatic heterocycles. The fraction of sp³-hybridized carbons (Fsp3) is 0.346. The lowest BCUT2D eigenvalue weighted by Gasteiger charge is -2.41. The predicted molar refractivity (Wildman–Crippen MR) is 133 cm³/mol. The van der Waals surface area contributed by atoms with E-state index in [1.54, 1.807) is 31.2 Å². The van der Waals surface area contributed by atoms with Gasteiger partial charge in [0.1, 0.15) is 5.58 Å². The summed E-state index contributed by atoms with van der Waals surface area (Å²) in [7, 11) is 1.37. The zero-order valence-corrected chi connectivity index (χ0v) is 20.1. The van der Waals surface area contributed by atoms with Gasteiger partial charge in [-0.2, -0.15) is 0 Å². The third kappa shape index (κ3) is 5.63. The molecule has 3 aromatic rings. The molecule has 1 aliphatic heterocycles. The van der Waals surface area contributed by atoms with E-state index in [9.17, 15) is 14.4 Å². The molecule has 0 bridgehead atoms. The van der Waals surface area contributed by atoms with Crippen molar-refractivity contribution in [3.05, 3.63) is 70.1 Å². The lowest BCUT2D eigenvalue weighted by molar-refractivity contribution is 0.0600. The number of carbonyl (C=O) groups excluding carboxylic acids is 2. The van der Waals surface area contributed by atoms with Crippen LogP contribution in [0.1, 0.15) is 29.8 Å². The molecule has 1 N–H and O–H groups in total. The maximum atomic E-state index is 12.3. The molecule has 0 radical (unpaired) electrons. The van der Waals surface area contributed by atoms with Crippen molar-refractivity contribution in [2.75, 3.05) is 43.6 Å². The molecule has 184 valence electrons. The number of esters is 1. The fourth-order valence-electron chi connectivity index (χ4n) is 4.33. The zero-order chi connectivity index (χ0) is 24.9. The van der Waals surface area contributed by atoms with E-state index in [2.05, 4.69) is 22.0 Å². The number of hydrogen-bond donors (Lipinski definition) is 1. The molecule has 1 aliphatic rings. The Morgan fingerprint density at radius 3 is 2.57 bits per heavy atom. The first kappa shape index (κ1) is 24.3. The van der Waals surface area contributed by atoms with Crippen LogP contribution in [0.2, 0.25) is 0 Å². The number of piperazine rings is 1. The van der Waals surface area contributed by atoms with Gasteiger partial charge in [0.25, 0.3) is 0 Å². The third-order valence-corrected chi connectivity index (χ3v) is 6.14. The average molecular weight is 480 g/mol. The smallest absolute Gasteiger partial charge is 0.411 e. The SMILES string of the molecule is CCOC(=O)Nc1ccc2c(CN3CCN(c4ccc(C(=O)OC)cc4)CC3C)cc(=O)oc2c1. The van der Waals surface area contributed by atoms with Gasteiger partial charge in [0, 0.05) is 61.1 Å². The first-order valence-electron chi connectivity index (χ1n) is 11.6. The summed E-state index contributed by atoms with van der Waals surface area (Å²) in [5, 5.41) is 3.46. The minimum atomic E-state index is -0.558. The first-order valence-corrected chi connectivity index (χ1v) is 11.6. The average Bonchev–Trinajstić information content (AvgIpc) is 2.84. The van der Waals surface area contributed by atoms with Crippen LogP contribution < -0.4 is 15.8 Å². The zero-order valence-electron chi connectivity index (χ0n) is 20.1. The molecule has 1 unspecified atom stereocenters. The number of carbonyl (C=O) groups is 2. The topological polar surface area (TPSA) is 101 Å². The quantitative estimate of drug-likeness (QED) is 0.420. The van der Waals surface area contributed by atoms with E-state index in [1.807, 2.05) is 18.2 Å². The molecule has 4 rings (SSSR count). The van der Waals surface area contributed by atoms with Crippen LogP contribution in [-0.4, -0.2) is 56.4 Å². The van der Waals surface area contributed by atoms with E-state index in [0.717, 1.165) is 36.3 Å². The summed E-state index contributed by atoms with van der Waals surface area (Å²) in [5.41, 5.74) is 2.93. The Morgan fingerprint density at radius 1 is 1.11 bits per heavy atom. The van der Waals surface area contributed by atoms with Crippen molar-refractivity contribution in [2.24, 2.45) is 0 Å². The standard InChI is InChI=1S/C26H29N3O6/c1-4-34-26(32)27-20-7-10-22-19(13-24(30)35-23(22)14-20)16-28-11-12-29(15-17(28)2)21-8-5-18(6-9-21)25(31)33-3/h5-10,13-14,17H,4,11-12,15-16H2,1-3H3,(H,27,32). The summed E-state index contributed by atoms with van der Waals surface area (Å²) in [4.78, 5) is 40.3. The Labute approximate surface area is 203 Å². The van der Waals surface area contributed by atoms with Gasteiger partial charge in [0.15, 0.2) is 0 Å². The van der Waals surface area contributed by atoms with Crippen LogP contribution in [0.15, 0.2) is 57.7 Å². The van der Waals surface area contributed by atoms with E-state index in [-0.39, 0.29) is 18.6 Å². The van der Waals surface area contributed by atoms with E-state index in [4.69, 9.17) is 13.9 Å². The van der Waals surface area contributed by atoms with E-state index >= 15 is 0 Å². The van der Waals surface area contributed by atoms with E-state index in [1.165, 1.54) is 13.2 Å². The molecular formula is C26H29N3O6. The van der Waals surface area contributed by atoms with Crippen LogP contribution in [0.25, 0.3) is 11.0 Å². The minimum Gasteiger partial charge on any atom is -0.465 e. The molecule has 35 heavy (non-hydrogen) atoms. The maximum absolute atomic E-state index is 12.3. The van der Waals surface area contributed by atoms with Gasteiger partial charge in [-0.3, -0.25) is 10.2 Å². The largest absolute Gasteiger partial charge is 0.465 e. The van der Waals surface area contributed by atoms with Gasteiger partial charge < -0.3 is 18.8 Å². The number of ether oxygens (including phenoxy) is 2. The normalized spacial score (nSPS) is 16.2. The van der Waals surface area contributed by atoms with Crippen LogP contribution >= 0.6 is 0 Å². The van der Waals surface area contributed by atoms with E-state index in [0.29, 0.717) is 23.4 Å². The second-order valence-electron chi connectivity index (χ2n) is 8.45. The second-order valence-corrected chi connectivity index (χ2v) is 8.45. The highest BCUT2D eigenvalue weighted by Gasteiger charge is 2.25. The number of benzene rings is 2. The first-order chi connectivity index (χ1) is 16.9. The summed E-state index contributed by atoms with van der Waals surface area (Å²) < 4.78 is 15.1. The number of hydrogen-bond acceptors (Lipinski definition) is 8. The Kier molecular flexibility index (Phi) is 7.36. The molecule has 0 saturated carbocycles. The lowest BCUT2D eigenvalue weighted by Crippen LogP contribution is -2.51. The Bertz CT molecular complexity index is 1270. The number of methoxy groups -OCH3 is 1. The number of anilines is 2. The molecule has 9 nitrogen and oxygen atoms in total. The van der Waals surface area contributed by atoms with Crippen molar-refractivity contribution in [2.45, 2.75) is 26.4 Å². The van der Waals surface area contributed by atoms with Gasteiger partial charge in [0.05, 0.1) is 19.3 Å². The van der Waals surface area contributed by atoms with Gasteiger partial charge in [-0.15, -0.1) is 0 Å². The summed E-state index contributed by atoms with van der Waals surface area (Å²) >= 11 is 0. The van der Waals surface area contributed by atoms with Gasteiger partial charge in [-0.25, -0.2) is 14.4 Å². The fourth-order valence-corrected chi connectivity index (χ4v) is 4.33. The molecule has 9 heteroatoms. The maximum Gasteiger partial charge on any atom is 0.411 e. The Hall–Kier alpha value is -3.85. The molecule has 1 saturated heterocycles. The highest BCUT2D eigenvalue weighted by Crippen LogP contribution is 2.25. The summed E-state index contributed by atoms with van der Waals surface area (Å²) in [6.45, 7) is 7.19. The van der Waals surface area contributed by atoms with E-state index < -0.39 is 11.7 Å². The van der Waals surface area contributed by atoms with Crippen LogP contribution in [0.4, 0.5) is 16.2 Å². The molecule has 2 aromatic carbocycles. The van der Waals surface area contributed by atoms with Crippen LogP contribution in [0.3, 0.4) is 0 Å². The van der Waals surface area contributed by atoms with Crippen molar-refractivity contribution in [3.63, 3.8) is 0 Å². The lowest BCUT2D eigenvalue weighted by atomic mass is 10.1. The molecule has 2 heterocycles. The molecule has 1 atom stereocenters. The highest BCUT2D eigenvalue weighted by atomic mass is 16.5. The number of nitrogens with one attached hydrogen (secondary N) is 1. The second kappa shape index (κ2) is 10.6. The molecular weight excluding hydrogens is 450 g/mol. The third-order valence-electron chi connectivity index (χ3n) is 6.14. The highest BCUT2D eigenvalue weighted by molar-refractivity contribution is 5.90. The molecule has 0 spiro atoms. The van der Waals surface area contributed by atoms with Crippen LogP contribution in [0.5, 0.6) is 0 Å². The Morgan fingerprint density at radius 2 is 1.89 bits per heavy atom. The summed E-state index contributed by atoms with van der Waals surface area (Å²) in [6.07, 6.45) is -0.558. The van der Waals surface area contributed by atoms with Crippen molar-refractivity contribution in [1.29, 1.82) is 0 Å². The van der Waals surface area contributed by atoms with Gasteiger partial charge in [0.2, 0.25) is 0 Å². The van der Waals surface area contributed by atoms with Gasteiger partial charge in [-0.05, 0) is 55.8 Å². The molecule has 1 fully saturated rings. The summed E-state index contributed by atoms with van der Waals surface area (Å²) in [5.74, 6) is -0.349. The predicted octanol–water partition coefficient (Wildman–Crippen LogP) is 3.86. The number of nitrogens with zero attached hydrogens (tertiary/aromatic N) is 2.